The molecule has 2 aromatic rings. The standard InChI is InChI=1S/C19H25N3O4/c1-5-22(6-2)17(23)12-21-18-14-10-13(25-4)8-9-16(14)20-11-15(18)19(24)26-7-3/h8-11H,5-7,12H2,1-4H3,(H,20,21). The molecular weight excluding hydrogens is 334 g/mol. The molecule has 0 saturated heterocycles. The topological polar surface area (TPSA) is 80.8 Å². The zero-order chi connectivity index (χ0) is 19.1. The summed E-state index contributed by atoms with van der Waals surface area (Å²) in [4.78, 5) is 30.7. The predicted octanol–water partition coefficient (Wildman–Crippen LogP) is 2.70. The Hall–Kier alpha value is -2.83. The molecule has 7 heteroatoms. The zero-order valence-electron chi connectivity index (χ0n) is 15.7. The van der Waals surface area contributed by atoms with Crippen molar-refractivity contribution < 1.29 is 19.1 Å². The van der Waals surface area contributed by atoms with Gasteiger partial charge in [-0.1, -0.05) is 0 Å². The molecule has 0 saturated carbocycles. The number of amides is 1. The van der Waals surface area contributed by atoms with Crippen LogP contribution in [-0.2, 0) is 9.53 Å². The minimum absolute atomic E-state index is 0.0438. The van der Waals surface area contributed by atoms with Gasteiger partial charge in [0.05, 0.1) is 31.5 Å². The molecule has 1 heterocycles. The van der Waals surface area contributed by atoms with Gasteiger partial charge in [-0.05, 0) is 39.0 Å². The number of hydrogen-bond acceptors (Lipinski definition) is 6. The third kappa shape index (κ3) is 4.22. The van der Waals surface area contributed by atoms with Crippen molar-refractivity contribution in [3.8, 4) is 5.75 Å². The highest BCUT2D eigenvalue weighted by Gasteiger charge is 2.19. The Labute approximate surface area is 153 Å². The second-order valence-corrected chi connectivity index (χ2v) is 5.57. The lowest BCUT2D eigenvalue weighted by atomic mass is 10.1. The van der Waals surface area contributed by atoms with E-state index in [4.69, 9.17) is 9.47 Å². The molecule has 0 fully saturated rings. The summed E-state index contributed by atoms with van der Waals surface area (Å²) < 4.78 is 10.4. The second-order valence-electron chi connectivity index (χ2n) is 5.57. The molecule has 0 aliphatic heterocycles. The van der Waals surface area contributed by atoms with E-state index in [9.17, 15) is 9.59 Å². The molecule has 0 unspecified atom stereocenters. The number of likely N-dealkylation sites (N-methyl/N-ethyl adjacent to an activating group) is 1. The highest BCUT2D eigenvalue weighted by Crippen LogP contribution is 2.29. The number of carbonyl (C=O) groups excluding carboxylic acids is 2. The summed E-state index contributed by atoms with van der Waals surface area (Å²) in [5, 5.41) is 3.80. The molecule has 2 rings (SSSR count). The van der Waals surface area contributed by atoms with Crippen LogP contribution < -0.4 is 10.1 Å². The summed E-state index contributed by atoms with van der Waals surface area (Å²) in [6, 6.07) is 5.39. The SMILES string of the molecule is CCOC(=O)c1cnc2ccc(OC)cc2c1NCC(=O)N(CC)CC. The molecule has 1 aromatic carbocycles. The van der Waals surface area contributed by atoms with Crippen molar-refractivity contribution in [2.24, 2.45) is 0 Å². The number of carbonyl (C=O) groups is 2. The van der Waals surface area contributed by atoms with Crippen LogP contribution in [0.15, 0.2) is 24.4 Å². The van der Waals surface area contributed by atoms with Gasteiger partial charge >= 0.3 is 5.97 Å². The highest BCUT2D eigenvalue weighted by molar-refractivity contribution is 6.05. The largest absolute Gasteiger partial charge is 0.497 e. The minimum Gasteiger partial charge on any atom is -0.497 e. The number of hydrogen-bond donors (Lipinski definition) is 1. The van der Waals surface area contributed by atoms with Gasteiger partial charge in [0.25, 0.3) is 0 Å². The van der Waals surface area contributed by atoms with E-state index in [0.717, 1.165) is 0 Å². The number of aromatic nitrogens is 1. The fraction of sp³-hybridized carbons (Fsp3) is 0.421. The summed E-state index contributed by atoms with van der Waals surface area (Å²) in [7, 11) is 1.57. The number of anilines is 1. The van der Waals surface area contributed by atoms with Crippen LogP contribution in [0.1, 0.15) is 31.1 Å². The maximum atomic E-state index is 12.4. The van der Waals surface area contributed by atoms with Crippen molar-refractivity contribution in [2.75, 3.05) is 38.7 Å². The Morgan fingerprint density at radius 1 is 1.19 bits per heavy atom. The van der Waals surface area contributed by atoms with Crippen molar-refractivity contribution >= 4 is 28.5 Å². The molecule has 0 atom stereocenters. The van der Waals surface area contributed by atoms with Crippen LogP contribution in [0.4, 0.5) is 5.69 Å². The lowest BCUT2D eigenvalue weighted by molar-refractivity contribution is -0.128. The molecule has 140 valence electrons. The summed E-state index contributed by atoms with van der Waals surface area (Å²) in [6.45, 7) is 7.19. The molecule has 1 amide bonds. The van der Waals surface area contributed by atoms with E-state index in [2.05, 4.69) is 10.3 Å². The number of pyridine rings is 1. The lowest BCUT2D eigenvalue weighted by Gasteiger charge is -2.20. The predicted molar refractivity (Wildman–Crippen MR) is 101 cm³/mol. The summed E-state index contributed by atoms with van der Waals surface area (Å²) >= 11 is 0. The Morgan fingerprint density at radius 2 is 1.92 bits per heavy atom. The van der Waals surface area contributed by atoms with Gasteiger partial charge in [-0.25, -0.2) is 4.79 Å². The molecule has 1 aromatic heterocycles. The van der Waals surface area contributed by atoms with Crippen LogP contribution in [0.2, 0.25) is 0 Å². The number of methoxy groups -OCH3 is 1. The van der Waals surface area contributed by atoms with E-state index in [1.54, 1.807) is 37.1 Å². The second kappa shape index (κ2) is 9.03. The number of nitrogens with one attached hydrogen (secondary N) is 1. The van der Waals surface area contributed by atoms with Crippen LogP contribution in [-0.4, -0.2) is 55.1 Å². The minimum atomic E-state index is -0.484. The van der Waals surface area contributed by atoms with Crippen LogP contribution >= 0.6 is 0 Å². The summed E-state index contributed by atoms with van der Waals surface area (Å²) in [6.07, 6.45) is 1.47. The molecule has 1 N–H and O–H groups in total. The average molecular weight is 359 g/mol. The molecular formula is C19H25N3O4. The number of ether oxygens (including phenoxy) is 2. The smallest absolute Gasteiger partial charge is 0.341 e. The van der Waals surface area contributed by atoms with Gasteiger partial charge in [0.15, 0.2) is 0 Å². The number of benzene rings is 1. The Bertz CT molecular complexity index is 788. The van der Waals surface area contributed by atoms with E-state index in [1.165, 1.54) is 6.20 Å². The third-order valence-corrected chi connectivity index (χ3v) is 4.10. The molecule has 0 bridgehead atoms. The third-order valence-electron chi connectivity index (χ3n) is 4.10. The quantitative estimate of drug-likeness (QED) is 0.730. The van der Waals surface area contributed by atoms with Gasteiger partial charge in [0, 0.05) is 24.7 Å². The van der Waals surface area contributed by atoms with Crippen LogP contribution in [0, 0.1) is 0 Å². The van der Waals surface area contributed by atoms with Gasteiger partial charge in [-0.15, -0.1) is 0 Å². The van der Waals surface area contributed by atoms with Crippen molar-refractivity contribution in [3.05, 3.63) is 30.0 Å². The normalized spacial score (nSPS) is 10.5. The van der Waals surface area contributed by atoms with Gasteiger partial charge in [0.1, 0.15) is 11.3 Å². The number of esters is 1. The maximum Gasteiger partial charge on any atom is 0.341 e. The molecule has 0 aliphatic rings. The number of rotatable bonds is 8. The number of fused-ring (bicyclic) bond motifs is 1. The van der Waals surface area contributed by atoms with E-state index < -0.39 is 5.97 Å². The first kappa shape index (κ1) is 19.5. The van der Waals surface area contributed by atoms with Crippen molar-refractivity contribution in [2.45, 2.75) is 20.8 Å². The Morgan fingerprint density at radius 3 is 2.54 bits per heavy atom. The first-order valence-corrected chi connectivity index (χ1v) is 8.71. The highest BCUT2D eigenvalue weighted by atomic mass is 16.5. The van der Waals surface area contributed by atoms with E-state index in [-0.39, 0.29) is 19.1 Å². The van der Waals surface area contributed by atoms with E-state index in [0.29, 0.717) is 41.0 Å². The van der Waals surface area contributed by atoms with E-state index in [1.807, 2.05) is 13.8 Å². The lowest BCUT2D eigenvalue weighted by Crippen LogP contribution is -2.35. The summed E-state index contributed by atoms with van der Waals surface area (Å²) in [5.41, 5.74) is 1.50. The molecule has 7 nitrogen and oxygen atoms in total. The molecule has 0 aliphatic carbocycles. The van der Waals surface area contributed by atoms with Gasteiger partial charge < -0.3 is 19.7 Å². The first-order chi connectivity index (χ1) is 12.5. The fourth-order valence-corrected chi connectivity index (χ4v) is 2.70. The molecule has 0 radical (unpaired) electrons. The first-order valence-electron chi connectivity index (χ1n) is 8.71. The number of nitrogens with zero attached hydrogens (tertiary/aromatic N) is 2. The average Bonchev–Trinajstić information content (AvgIpc) is 2.66. The van der Waals surface area contributed by atoms with Crippen LogP contribution in [0.5, 0.6) is 5.75 Å². The Kier molecular flexibility index (Phi) is 6.77. The van der Waals surface area contributed by atoms with Crippen LogP contribution in [0.25, 0.3) is 10.9 Å². The van der Waals surface area contributed by atoms with E-state index >= 15 is 0 Å². The van der Waals surface area contributed by atoms with Gasteiger partial charge in [-0.2, -0.15) is 0 Å². The molecule has 0 spiro atoms. The van der Waals surface area contributed by atoms with Crippen molar-refractivity contribution in [3.63, 3.8) is 0 Å². The van der Waals surface area contributed by atoms with Gasteiger partial charge in [0.2, 0.25) is 5.91 Å². The van der Waals surface area contributed by atoms with Gasteiger partial charge in [-0.3, -0.25) is 9.78 Å². The van der Waals surface area contributed by atoms with Crippen LogP contribution in [0.3, 0.4) is 0 Å². The zero-order valence-corrected chi connectivity index (χ0v) is 15.7. The molecule has 26 heavy (non-hydrogen) atoms. The fourth-order valence-electron chi connectivity index (χ4n) is 2.70. The summed E-state index contributed by atoms with van der Waals surface area (Å²) in [5.74, 6) is 0.110. The monoisotopic (exact) mass is 359 g/mol. The maximum absolute atomic E-state index is 12.4. The Balaban J connectivity index is 2.45. The van der Waals surface area contributed by atoms with Crippen molar-refractivity contribution in [1.82, 2.24) is 9.88 Å². The van der Waals surface area contributed by atoms with Crippen molar-refractivity contribution in [1.29, 1.82) is 0 Å².